The second kappa shape index (κ2) is 10.6. The van der Waals surface area contributed by atoms with Crippen LogP contribution in [0.3, 0.4) is 0 Å². The fourth-order valence-corrected chi connectivity index (χ4v) is 5.77. The van der Waals surface area contributed by atoms with E-state index in [-0.39, 0.29) is 17.5 Å². The molecular weight excluding hydrogens is 450 g/mol. The highest BCUT2D eigenvalue weighted by molar-refractivity contribution is 7.18. The number of rotatable bonds is 8. The third kappa shape index (κ3) is 4.97. The maximum Gasteiger partial charge on any atom is 0.262 e. The summed E-state index contributed by atoms with van der Waals surface area (Å²) in [7, 11) is 3.27. The van der Waals surface area contributed by atoms with Crippen LogP contribution >= 0.6 is 11.3 Å². The Bertz CT molecular complexity index is 1230. The molecule has 0 aliphatic carbocycles. The predicted octanol–water partition coefficient (Wildman–Crippen LogP) is 4.50. The molecule has 0 N–H and O–H groups in total. The number of ether oxygens (including phenoxy) is 2. The van der Waals surface area contributed by atoms with E-state index < -0.39 is 0 Å². The Morgan fingerprint density at radius 3 is 2.74 bits per heavy atom. The van der Waals surface area contributed by atoms with Gasteiger partial charge in [-0.1, -0.05) is 6.07 Å². The number of aryl methyl sites for hydroxylation is 4. The molecule has 182 valence electrons. The van der Waals surface area contributed by atoms with Crippen LogP contribution < -0.4 is 15.0 Å². The first kappa shape index (κ1) is 24.3. The monoisotopic (exact) mass is 483 g/mol. The van der Waals surface area contributed by atoms with Crippen LogP contribution in [0, 0.1) is 13.8 Å². The van der Waals surface area contributed by atoms with Crippen molar-refractivity contribution in [1.82, 2.24) is 14.5 Å². The number of fused-ring (bicyclic) bond motifs is 1. The molecule has 8 heteroatoms. The van der Waals surface area contributed by atoms with Crippen molar-refractivity contribution in [3.05, 3.63) is 50.9 Å². The highest BCUT2D eigenvalue weighted by Gasteiger charge is 2.26. The second-order valence-corrected chi connectivity index (χ2v) is 10.1. The highest BCUT2D eigenvalue weighted by atomic mass is 32.1. The Hall–Kier alpha value is -2.87. The normalized spacial score (nSPS) is 16.1. The van der Waals surface area contributed by atoms with Crippen LogP contribution in [-0.4, -0.2) is 47.2 Å². The Morgan fingerprint density at radius 1 is 1.18 bits per heavy atom. The molecule has 0 saturated carbocycles. The molecule has 7 nitrogen and oxygen atoms in total. The van der Waals surface area contributed by atoms with Gasteiger partial charge >= 0.3 is 0 Å². The number of carbonyl (C=O) groups is 1. The van der Waals surface area contributed by atoms with E-state index in [1.54, 1.807) is 36.5 Å². The zero-order valence-electron chi connectivity index (χ0n) is 20.4. The Kier molecular flexibility index (Phi) is 7.56. The summed E-state index contributed by atoms with van der Waals surface area (Å²) in [6.45, 7) is 5.11. The number of nitrogens with zero attached hydrogens (tertiary/aromatic N) is 3. The first-order valence-electron chi connectivity index (χ1n) is 11.9. The number of methoxy groups -OCH3 is 2. The standard InChI is InChI=1S/C26H33N3O4S/c1-17-18(2)34-25-24(17)26(31)28(16-27-25)14-12-23(30)29-13-6-5-7-20(29)10-8-19-9-11-21(32-3)22(15-19)33-4/h9,11,15-16,20H,5-8,10,12-14H2,1-4H3. The molecule has 4 rings (SSSR count). The lowest BCUT2D eigenvalue weighted by Crippen LogP contribution is -2.44. The summed E-state index contributed by atoms with van der Waals surface area (Å²) in [5.41, 5.74) is 2.11. The minimum atomic E-state index is -0.0525. The molecule has 0 bridgehead atoms. The SMILES string of the molecule is COc1ccc(CCC2CCCCN2C(=O)CCn2cnc3sc(C)c(C)c3c2=O)cc1OC. The molecule has 1 aliphatic rings. The molecule has 1 aromatic carbocycles. The van der Waals surface area contributed by atoms with Gasteiger partial charge in [0, 0.05) is 30.4 Å². The molecule has 0 spiro atoms. The summed E-state index contributed by atoms with van der Waals surface area (Å²) < 4.78 is 12.3. The molecule has 1 fully saturated rings. The molecule has 0 radical (unpaired) electrons. The van der Waals surface area contributed by atoms with Gasteiger partial charge in [0.05, 0.1) is 25.9 Å². The number of piperidine rings is 1. The lowest BCUT2D eigenvalue weighted by Gasteiger charge is -2.36. The van der Waals surface area contributed by atoms with Gasteiger partial charge in [0.25, 0.3) is 5.56 Å². The van der Waals surface area contributed by atoms with Crippen molar-refractivity contribution in [2.75, 3.05) is 20.8 Å². The average Bonchev–Trinajstić information content (AvgIpc) is 3.15. The van der Waals surface area contributed by atoms with Gasteiger partial charge in [0.2, 0.25) is 5.91 Å². The molecule has 1 unspecified atom stereocenters. The van der Waals surface area contributed by atoms with Crippen LogP contribution in [-0.2, 0) is 17.8 Å². The van der Waals surface area contributed by atoms with Gasteiger partial charge in [-0.05, 0) is 69.2 Å². The van der Waals surface area contributed by atoms with E-state index in [4.69, 9.17) is 9.47 Å². The van der Waals surface area contributed by atoms with Gasteiger partial charge in [-0.25, -0.2) is 4.98 Å². The van der Waals surface area contributed by atoms with E-state index in [0.29, 0.717) is 18.4 Å². The summed E-state index contributed by atoms with van der Waals surface area (Å²) in [5.74, 6) is 1.56. The number of aromatic nitrogens is 2. The number of benzene rings is 1. The van der Waals surface area contributed by atoms with E-state index in [1.807, 2.05) is 30.9 Å². The Labute approximate surface area is 204 Å². The highest BCUT2D eigenvalue weighted by Crippen LogP contribution is 2.29. The Morgan fingerprint density at radius 2 is 1.97 bits per heavy atom. The van der Waals surface area contributed by atoms with E-state index in [9.17, 15) is 9.59 Å². The molecule has 1 atom stereocenters. The quantitative estimate of drug-likeness (QED) is 0.472. The first-order chi connectivity index (χ1) is 16.4. The number of amides is 1. The van der Waals surface area contributed by atoms with Crippen molar-refractivity contribution in [1.29, 1.82) is 0 Å². The zero-order chi connectivity index (χ0) is 24.2. The molecule has 2 aromatic heterocycles. The van der Waals surface area contributed by atoms with Crippen LogP contribution in [0.25, 0.3) is 10.2 Å². The summed E-state index contributed by atoms with van der Waals surface area (Å²) in [6, 6.07) is 6.21. The van der Waals surface area contributed by atoms with E-state index in [1.165, 1.54) is 5.56 Å². The third-order valence-corrected chi connectivity index (χ3v) is 8.00. The number of hydrogen-bond donors (Lipinski definition) is 0. The third-order valence-electron chi connectivity index (χ3n) is 6.88. The van der Waals surface area contributed by atoms with Crippen molar-refractivity contribution >= 4 is 27.5 Å². The minimum Gasteiger partial charge on any atom is -0.493 e. The number of carbonyl (C=O) groups excluding carboxylic acids is 1. The molecule has 1 saturated heterocycles. The lowest BCUT2D eigenvalue weighted by molar-refractivity contribution is -0.135. The van der Waals surface area contributed by atoms with Crippen molar-refractivity contribution < 1.29 is 14.3 Å². The topological polar surface area (TPSA) is 73.7 Å². The Balaban J connectivity index is 1.41. The van der Waals surface area contributed by atoms with Gasteiger partial charge < -0.3 is 14.4 Å². The van der Waals surface area contributed by atoms with Gasteiger partial charge in [-0.3, -0.25) is 14.2 Å². The largest absolute Gasteiger partial charge is 0.493 e. The summed E-state index contributed by atoms with van der Waals surface area (Å²) in [5, 5.41) is 0.684. The second-order valence-electron chi connectivity index (χ2n) is 8.92. The lowest BCUT2D eigenvalue weighted by atomic mass is 9.95. The average molecular weight is 484 g/mol. The van der Waals surface area contributed by atoms with Crippen molar-refractivity contribution in [3.8, 4) is 11.5 Å². The van der Waals surface area contributed by atoms with Gasteiger partial charge in [0.15, 0.2) is 11.5 Å². The predicted molar refractivity (Wildman–Crippen MR) is 135 cm³/mol. The van der Waals surface area contributed by atoms with Gasteiger partial charge in [0.1, 0.15) is 4.83 Å². The van der Waals surface area contributed by atoms with Gasteiger partial charge in [-0.2, -0.15) is 0 Å². The van der Waals surface area contributed by atoms with E-state index >= 15 is 0 Å². The van der Waals surface area contributed by atoms with Crippen LogP contribution in [0.2, 0.25) is 0 Å². The van der Waals surface area contributed by atoms with Crippen molar-refractivity contribution in [3.63, 3.8) is 0 Å². The van der Waals surface area contributed by atoms with Crippen LogP contribution in [0.4, 0.5) is 0 Å². The van der Waals surface area contributed by atoms with E-state index in [0.717, 1.165) is 65.4 Å². The molecule has 1 aliphatic heterocycles. The number of hydrogen-bond acceptors (Lipinski definition) is 6. The summed E-state index contributed by atoms with van der Waals surface area (Å²) in [4.78, 5) is 34.5. The molecular formula is C26H33N3O4S. The zero-order valence-corrected chi connectivity index (χ0v) is 21.2. The maximum atomic E-state index is 13.2. The van der Waals surface area contributed by atoms with Crippen LogP contribution in [0.5, 0.6) is 11.5 Å². The van der Waals surface area contributed by atoms with Crippen LogP contribution in [0.1, 0.15) is 48.1 Å². The summed E-state index contributed by atoms with van der Waals surface area (Å²) in [6.07, 6.45) is 6.84. The molecule has 34 heavy (non-hydrogen) atoms. The molecule has 3 aromatic rings. The fourth-order valence-electron chi connectivity index (χ4n) is 4.79. The van der Waals surface area contributed by atoms with Crippen molar-refractivity contribution in [2.45, 2.75) is 65.0 Å². The van der Waals surface area contributed by atoms with Crippen molar-refractivity contribution in [2.24, 2.45) is 0 Å². The first-order valence-corrected chi connectivity index (χ1v) is 12.7. The molecule has 1 amide bonds. The summed E-state index contributed by atoms with van der Waals surface area (Å²) >= 11 is 1.54. The number of thiophene rings is 1. The van der Waals surface area contributed by atoms with Crippen LogP contribution in [0.15, 0.2) is 29.3 Å². The van der Waals surface area contributed by atoms with Gasteiger partial charge in [-0.15, -0.1) is 11.3 Å². The number of likely N-dealkylation sites (tertiary alicyclic amines) is 1. The minimum absolute atomic E-state index is 0.0525. The smallest absolute Gasteiger partial charge is 0.262 e. The molecule has 3 heterocycles. The fraction of sp³-hybridized carbons (Fsp3) is 0.500. The van der Waals surface area contributed by atoms with E-state index in [2.05, 4.69) is 11.1 Å². The maximum absolute atomic E-state index is 13.2.